The quantitative estimate of drug-likeness (QED) is 0.642. The topological polar surface area (TPSA) is 84.9 Å². The summed E-state index contributed by atoms with van der Waals surface area (Å²) in [5.41, 5.74) is 0.426. The van der Waals surface area contributed by atoms with Gasteiger partial charge in [0.25, 0.3) is 5.91 Å². The maximum absolute atomic E-state index is 13.7. The second-order valence-corrected chi connectivity index (χ2v) is 5.00. The van der Waals surface area contributed by atoms with Crippen molar-refractivity contribution >= 4 is 11.9 Å². The summed E-state index contributed by atoms with van der Waals surface area (Å²) < 4.78 is 23.8. The van der Waals surface area contributed by atoms with Gasteiger partial charge in [-0.1, -0.05) is 13.3 Å². The molecule has 1 rings (SSSR count). The zero-order valence-electron chi connectivity index (χ0n) is 13.3. The minimum Gasteiger partial charge on any atom is -0.480 e. The van der Waals surface area contributed by atoms with Crippen LogP contribution in [0.25, 0.3) is 0 Å². The molecule has 0 aromatic heterocycles. The number of amides is 1. The zero-order chi connectivity index (χ0) is 17.2. The molecule has 7 heteroatoms. The molecule has 128 valence electrons. The predicted molar refractivity (Wildman–Crippen MR) is 81.7 cm³/mol. The molecule has 0 aliphatic carbocycles. The lowest BCUT2D eigenvalue weighted by atomic mass is 10.1. The van der Waals surface area contributed by atoms with E-state index in [1.807, 2.05) is 6.92 Å². The fourth-order valence-electron chi connectivity index (χ4n) is 1.94. The number of aliphatic carboxylic acids is 1. The van der Waals surface area contributed by atoms with Crippen LogP contribution in [-0.4, -0.2) is 43.3 Å². The van der Waals surface area contributed by atoms with E-state index in [4.69, 9.17) is 14.6 Å². The van der Waals surface area contributed by atoms with Gasteiger partial charge in [-0.3, -0.25) is 4.79 Å². The number of carboxylic acid groups (broad SMARTS) is 1. The van der Waals surface area contributed by atoms with Crippen LogP contribution in [0.1, 0.15) is 35.7 Å². The molecule has 0 saturated heterocycles. The first kappa shape index (κ1) is 19.1. The summed E-state index contributed by atoms with van der Waals surface area (Å²) in [5, 5.41) is 11.5. The number of carbonyl (C=O) groups excluding carboxylic acids is 1. The molecule has 0 saturated carbocycles. The Morgan fingerprint density at radius 3 is 2.70 bits per heavy atom. The third-order valence-electron chi connectivity index (χ3n) is 3.18. The van der Waals surface area contributed by atoms with Crippen LogP contribution in [0.3, 0.4) is 0 Å². The van der Waals surface area contributed by atoms with Crippen molar-refractivity contribution < 1.29 is 28.6 Å². The first-order chi connectivity index (χ1) is 11.0. The smallest absolute Gasteiger partial charge is 0.326 e. The highest BCUT2D eigenvalue weighted by atomic mass is 19.1. The molecule has 0 spiro atoms. The van der Waals surface area contributed by atoms with Crippen molar-refractivity contribution in [2.75, 3.05) is 20.3 Å². The Kier molecular flexibility index (Phi) is 8.21. The number of hydrogen-bond donors (Lipinski definition) is 2. The molecule has 0 aliphatic heterocycles. The van der Waals surface area contributed by atoms with Gasteiger partial charge in [0, 0.05) is 18.2 Å². The van der Waals surface area contributed by atoms with Crippen LogP contribution in [0.15, 0.2) is 18.2 Å². The Bertz CT molecular complexity index is 535. The van der Waals surface area contributed by atoms with Crippen molar-refractivity contribution in [1.29, 1.82) is 0 Å². The number of hydrogen-bond acceptors (Lipinski definition) is 4. The number of rotatable bonds is 10. The van der Waals surface area contributed by atoms with E-state index in [9.17, 15) is 14.0 Å². The number of methoxy groups -OCH3 is 1. The monoisotopic (exact) mass is 327 g/mol. The SMILES string of the molecule is CCCC(NC(=O)c1ccc(F)c(COCCOC)c1)C(=O)O. The van der Waals surface area contributed by atoms with Crippen LogP contribution in [0.4, 0.5) is 4.39 Å². The van der Waals surface area contributed by atoms with Gasteiger partial charge in [0.2, 0.25) is 0 Å². The molecule has 1 aromatic carbocycles. The number of halogens is 1. The lowest BCUT2D eigenvalue weighted by molar-refractivity contribution is -0.139. The van der Waals surface area contributed by atoms with E-state index in [1.54, 1.807) is 0 Å². The Balaban J connectivity index is 2.75. The number of ether oxygens (including phenoxy) is 2. The van der Waals surface area contributed by atoms with Crippen LogP contribution in [0, 0.1) is 5.82 Å². The molecule has 1 amide bonds. The van der Waals surface area contributed by atoms with Gasteiger partial charge in [-0.05, 0) is 24.6 Å². The van der Waals surface area contributed by atoms with Crippen molar-refractivity contribution in [3.8, 4) is 0 Å². The van der Waals surface area contributed by atoms with Gasteiger partial charge >= 0.3 is 5.97 Å². The van der Waals surface area contributed by atoms with Crippen LogP contribution in [0.2, 0.25) is 0 Å². The van der Waals surface area contributed by atoms with E-state index in [0.29, 0.717) is 26.1 Å². The highest BCUT2D eigenvalue weighted by molar-refractivity contribution is 5.96. The van der Waals surface area contributed by atoms with E-state index < -0.39 is 23.7 Å². The summed E-state index contributed by atoms with van der Waals surface area (Å²) in [6.45, 7) is 2.53. The van der Waals surface area contributed by atoms with Crippen LogP contribution in [-0.2, 0) is 20.9 Å². The number of carboxylic acids is 1. The van der Waals surface area contributed by atoms with Crippen molar-refractivity contribution in [2.24, 2.45) is 0 Å². The summed E-state index contributed by atoms with van der Waals surface area (Å²) in [5.74, 6) is -2.13. The Morgan fingerprint density at radius 2 is 2.09 bits per heavy atom. The number of carbonyl (C=O) groups is 2. The summed E-state index contributed by atoms with van der Waals surface area (Å²) in [6, 6.07) is 2.88. The molecular weight excluding hydrogens is 305 g/mol. The average Bonchev–Trinajstić information content (AvgIpc) is 2.52. The van der Waals surface area contributed by atoms with Gasteiger partial charge in [-0.25, -0.2) is 9.18 Å². The standard InChI is InChI=1S/C16H22FNO5/c1-3-4-14(16(20)21)18-15(19)11-5-6-13(17)12(9-11)10-23-8-7-22-2/h5-6,9,14H,3-4,7-8,10H2,1-2H3,(H,18,19)(H,20,21). The van der Waals surface area contributed by atoms with Crippen molar-refractivity contribution in [3.05, 3.63) is 35.1 Å². The maximum Gasteiger partial charge on any atom is 0.326 e. The van der Waals surface area contributed by atoms with Crippen LogP contribution >= 0.6 is 0 Å². The first-order valence-corrected chi connectivity index (χ1v) is 7.38. The van der Waals surface area contributed by atoms with Gasteiger partial charge in [-0.2, -0.15) is 0 Å². The van der Waals surface area contributed by atoms with E-state index >= 15 is 0 Å². The molecule has 0 bridgehead atoms. The van der Waals surface area contributed by atoms with Gasteiger partial charge in [0.05, 0.1) is 19.8 Å². The molecule has 1 aromatic rings. The zero-order valence-corrected chi connectivity index (χ0v) is 13.3. The van der Waals surface area contributed by atoms with E-state index in [0.717, 1.165) is 0 Å². The Morgan fingerprint density at radius 1 is 1.35 bits per heavy atom. The van der Waals surface area contributed by atoms with Gasteiger partial charge < -0.3 is 19.9 Å². The molecule has 0 heterocycles. The van der Waals surface area contributed by atoms with Gasteiger partial charge in [-0.15, -0.1) is 0 Å². The third kappa shape index (κ3) is 6.33. The molecule has 23 heavy (non-hydrogen) atoms. The molecule has 1 unspecified atom stereocenters. The lowest BCUT2D eigenvalue weighted by Gasteiger charge is -2.14. The lowest BCUT2D eigenvalue weighted by Crippen LogP contribution is -2.40. The van der Waals surface area contributed by atoms with Crippen molar-refractivity contribution in [2.45, 2.75) is 32.4 Å². The fourth-order valence-corrected chi connectivity index (χ4v) is 1.94. The van der Waals surface area contributed by atoms with E-state index in [-0.39, 0.29) is 17.7 Å². The maximum atomic E-state index is 13.7. The highest BCUT2D eigenvalue weighted by Crippen LogP contribution is 2.12. The van der Waals surface area contributed by atoms with E-state index in [1.165, 1.54) is 25.3 Å². The van der Waals surface area contributed by atoms with Gasteiger partial charge in [0.15, 0.2) is 0 Å². The van der Waals surface area contributed by atoms with Gasteiger partial charge in [0.1, 0.15) is 11.9 Å². The largest absolute Gasteiger partial charge is 0.480 e. The first-order valence-electron chi connectivity index (χ1n) is 7.38. The number of nitrogens with one attached hydrogen (secondary N) is 1. The average molecular weight is 327 g/mol. The predicted octanol–water partition coefficient (Wildman–Crippen LogP) is 1.97. The molecule has 2 N–H and O–H groups in total. The summed E-state index contributed by atoms with van der Waals surface area (Å²) >= 11 is 0. The van der Waals surface area contributed by atoms with E-state index in [2.05, 4.69) is 5.32 Å². The Hall–Kier alpha value is -1.99. The molecule has 0 radical (unpaired) electrons. The molecule has 0 aliphatic rings. The minimum atomic E-state index is -1.09. The van der Waals surface area contributed by atoms with Crippen molar-refractivity contribution in [3.63, 3.8) is 0 Å². The van der Waals surface area contributed by atoms with Crippen LogP contribution < -0.4 is 5.32 Å². The number of benzene rings is 1. The second kappa shape index (κ2) is 9.91. The minimum absolute atomic E-state index is 0.00757. The third-order valence-corrected chi connectivity index (χ3v) is 3.18. The normalized spacial score (nSPS) is 12.0. The molecule has 1 atom stereocenters. The summed E-state index contributed by atoms with van der Waals surface area (Å²) in [4.78, 5) is 23.2. The molecular formula is C16H22FNO5. The van der Waals surface area contributed by atoms with Crippen LogP contribution in [0.5, 0.6) is 0 Å². The summed E-state index contributed by atoms with van der Waals surface area (Å²) in [6.07, 6.45) is 0.953. The molecule has 6 nitrogen and oxygen atoms in total. The fraction of sp³-hybridized carbons (Fsp3) is 0.500. The van der Waals surface area contributed by atoms with Crippen molar-refractivity contribution in [1.82, 2.24) is 5.32 Å². The summed E-state index contributed by atoms with van der Waals surface area (Å²) in [7, 11) is 1.53. The Labute approximate surface area is 134 Å². The second-order valence-electron chi connectivity index (χ2n) is 5.00. The highest BCUT2D eigenvalue weighted by Gasteiger charge is 2.20. The molecule has 0 fully saturated rings.